The van der Waals surface area contributed by atoms with Gasteiger partial charge in [-0.05, 0) is 0 Å². The predicted octanol–water partition coefficient (Wildman–Crippen LogP) is 2.75. The van der Waals surface area contributed by atoms with E-state index < -0.39 is 0 Å². The van der Waals surface area contributed by atoms with Crippen LogP contribution >= 0.6 is 11.3 Å². The van der Waals surface area contributed by atoms with E-state index in [0.29, 0.717) is 0 Å². The van der Waals surface area contributed by atoms with Gasteiger partial charge in [-0.1, -0.05) is 20.3 Å². The summed E-state index contributed by atoms with van der Waals surface area (Å²) in [7, 11) is 0. The van der Waals surface area contributed by atoms with Crippen LogP contribution in [0.25, 0.3) is 5.13 Å². The van der Waals surface area contributed by atoms with Crippen molar-refractivity contribution in [3.63, 3.8) is 0 Å². The fourth-order valence-electron chi connectivity index (χ4n) is 0.716. The zero-order valence-corrected chi connectivity index (χ0v) is 8.66. The highest BCUT2D eigenvalue weighted by atomic mass is 32.1. The summed E-state index contributed by atoms with van der Waals surface area (Å²) in [6.07, 6.45) is 8.37. The maximum Gasteiger partial charge on any atom is 0.194 e. The number of hydrogen-bond acceptors (Lipinski definition) is 3. The molecule has 0 spiro atoms. The summed E-state index contributed by atoms with van der Waals surface area (Å²) < 4.78 is 1.88. The van der Waals surface area contributed by atoms with Crippen molar-refractivity contribution in [1.82, 2.24) is 14.5 Å². The van der Waals surface area contributed by atoms with E-state index in [1.165, 1.54) is 6.42 Å². The first kappa shape index (κ1) is 9.92. The van der Waals surface area contributed by atoms with Crippen molar-refractivity contribution in [2.24, 2.45) is 0 Å². The van der Waals surface area contributed by atoms with E-state index in [2.05, 4.69) is 23.8 Å². The summed E-state index contributed by atoms with van der Waals surface area (Å²) in [5.41, 5.74) is 0. The highest BCUT2D eigenvalue weighted by Crippen LogP contribution is 2.08. The lowest BCUT2D eigenvalue weighted by atomic mass is 10.6. The van der Waals surface area contributed by atoms with Crippen LogP contribution in [0.15, 0.2) is 30.3 Å². The Kier molecular flexibility index (Phi) is 4.18. The van der Waals surface area contributed by atoms with Crippen LogP contribution in [0.4, 0.5) is 0 Å². The van der Waals surface area contributed by atoms with Gasteiger partial charge in [-0.15, -0.1) is 11.3 Å². The van der Waals surface area contributed by atoms with Crippen LogP contribution in [-0.4, -0.2) is 14.5 Å². The van der Waals surface area contributed by atoms with Crippen molar-refractivity contribution in [2.75, 3.05) is 0 Å². The van der Waals surface area contributed by atoms with Crippen LogP contribution in [0.1, 0.15) is 20.3 Å². The summed E-state index contributed by atoms with van der Waals surface area (Å²) in [5.74, 6) is 0. The highest BCUT2D eigenvalue weighted by Gasteiger charge is 1.94. The second-order valence-electron chi connectivity index (χ2n) is 2.49. The Morgan fingerprint density at radius 3 is 2.62 bits per heavy atom. The van der Waals surface area contributed by atoms with E-state index in [0.717, 1.165) is 5.13 Å². The Morgan fingerprint density at radius 1 is 1.38 bits per heavy atom. The SMILES string of the molecule is CCC.c1cn(-c2nccs2)cn1. The van der Waals surface area contributed by atoms with Gasteiger partial charge in [0, 0.05) is 24.0 Å². The summed E-state index contributed by atoms with van der Waals surface area (Å²) >= 11 is 1.59. The smallest absolute Gasteiger partial charge is 0.194 e. The van der Waals surface area contributed by atoms with Gasteiger partial charge < -0.3 is 0 Å². The molecule has 2 aromatic rings. The number of thiazole rings is 1. The molecule has 0 unspecified atom stereocenters. The molecule has 0 aliphatic rings. The monoisotopic (exact) mass is 195 g/mol. The molecule has 70 valence electrons. The number of hydrogen-bond donors (Lipinski definition) is 0. The van der Waals surface area contributed by atoms with Crippen LogP contribution in [0, 0.1) is 0 Å². The molecule has 3 nitrogen and oxygen atoms in total. The Morgan fingerprint density at radius 2 is 2.15 bits per heavy atom. The largest absolute Gasteiger partial charge is 0.282 e. The average Bonchev–Trinajstić information content (AvgIpc) is 2.78. The predicted molar refractivity (Wildman–Crippen MR) is 55.2 cm³/mol. The highest BCUT2D eigenvalue weighted by molar-refractivity contribution is 7.12. The van der Waals surface area contributed by atoms with E-state index in [9.17, 15) is 0 Å². The molecule has 0 N–H and O–H groups in total. The lowest BCUT2D eigenvalue weighted by molar-refractivity contribution is 1.03. The molecule has 0 atom stereocenters. The third kappa shape index (κ3) is 2.99. The van der Waals surface area contributed by atoms with Crippen LogP contribution in [-0.2, 0) is 0 Å². The topological polar surface area (TPSA) is 30.7 Å². The molecular formula is C9H13N3S. The molecule has 0 aliphatic carbocycles. The van der Waals surface area contributed by atoms with Gasteiger partial charge >= 0.3 is 0 Å². The molecule has 2 heterocycles. The molecule has 0 saturated heterocycles. The zero-order valence-electron chi connectivity index (χ0n) is 7.84. The molecule has 2 rings (SSSR count). The molecule has 0 radical (unpaired) electrons. The Hall–Kier alpha value is -1.16. The maximum absolute atomic E-state index is 4.10. The minimum atomic E-state index is 0.956. The van der Waals surface area contributed by atoms with Crippen molar-refractivity contribution >= 4 is 11.3 Å². The lowest BCUT2D eigenvalue weighted by Gasteiger charge is -1.90. The van der Waals surface area contributed by atoms with Crippen LogP contribution in [0.5, 0.6) is 0 Å². The fraction of sp³-hybridized carbons (Fsp3) is 0.333. The minimum Gasteiger partial charge on any atom is -0.282 e. The second kappa shape index (κ2) is 5.48. The normalized spacial score (nSPS) is 9.08. The third-order valence-electron chi connectivity index (χ3n) is 1.14. The van der Waals surface area contributed by atoms with Crippen LogP contribution in [0.3, 0.4) is 0 Å². The van der Waals surface area contributed by atoms with Gasteiger partial charge in [-0.25, -0.2) is 9.97 Å². The quantitative estimate of drug-likeness (QED) is 0.700. The van der Waals surface area contributed by atoms with Crippen LogP contribution < -0.4 is 0 Å². The molecule has 0 saturated carbocycles. The Bertz CT molecular complexity index is 267. The van der Waals surface area contributed by atoms with Crippen molar-refractivity contribution in [1.29, 1.82) is 0 Å². The third-order valence-corrected chi connectivity index (χ3v) is 1.93. The van der Waals surface area contributed by atoms with E-state index in [4.69, 9.17) is 0 Å². The Labute approximate surface area is 82.1 Å². The molecule has 0 bridgehead atoms. The molecule has 0 amide bonds. The van der Waals surface area contributed by atoms with Gasteiger partial charge in [0.2, 0.25) is 0 Å². The fourth-order valence-corrected chi connectivity index (χ4v) is 1.31. The Balaban J connectivity index is 0.000000251. The average molecular weight is 195 g/mol. The summed E-state index contributed by atoms with van der Waals surface area (Å²) in [5, 5.41) is 2.90. The molecule has 4 heteroatoms. The van der Waals surface area contributed by atoms with Crippen molar-refractivity contribution in [3.8, 4) is 5.13 Å². The van der Waals surface area contributed by atoms with E-state index in [1.807, 2.05) is 16.1 Å². The summed E-state index contributed by atoms with van der Waals surface area (Å²) in [4.78, 5) is 8.01. The number of nitrogens with zero attached hydrogens (tertiary/aromatic N) is 3. The summed E-state index contributed by atoms with van der Waals surface area (Å²) in [6, 6.07) is 0. The summed E-state index contributed by atoms with van der Waals surface area (Å²) in [6.45, 7) is 4.25. The van der Waals surface area contributed by atoms with Crippen LogP contribution in [0.2, 0.25) is 0 Å². The first-order valence-corrected chi connectivity index (χ1v) is 5.14. The van der Waals surface area contributed by atoms with Gasteiger partial charge in [0.1, 0.15) is 6.33 Å². The second-order valence-corrected chi connectivity index (χ2v) is 3.36. The van der Waals surface area contributed by atoms with Crippen molar-refractivity contribution in [3.05, 3.63) is 30.3 Å². The molecule has 0 aliphatic heterocycles. The van der Waals surface area contributed by atoms with Gasteiger partial charge in [0.25, 0.3) is 0 Å². The standard InChI is InChI=1S/C6H5N3S.C3H8/c1-3-9(5-7-1)6-8-2-4-10-6;1-3-2/h1-5H;3H2,1-2H3. The van der Waals surface area contributed by atoms with Crippen molar-refractivity contribution < 1.29 is 0 Å². The van der Waals surface area contributed by atoms with E-state index in [-0.39, 0.29) is 0 Å². The van der Waals surface area contributed by atoms with Crippen molar-refractivity contribution in [2.45, 2.75) is 20.3 Å². The molecular weight excluding hydrogens is 182 g/mol. The maximum atomic E-state index is 4.10. The van der Waals surface area contributed by atoms with Gasteiger partial charge in [0.15, 0.2) is 5.13 Å². The number of rotatable bonds is 1. The number of aromatic nitrogens is 3. The van der Waals surface area contributed by atoms with Gasteiger partial charge in [-0.3, -0.25) is 4.57 Å². The first-order chi connectivity index (χ1) is 6.38. The first-order valence-electron chi connectivity index (χ1n) is 4.26. The molecule has 0 aromatic carbocycles. The zero-order chi connectivity index (χ0) is 9.52. The molecule has 2 aromatic heterocycles. The number of imidazole rings is 1. The minimum absolute atomic E-state index is 0.956. The molecule has 13 heavy (non-hydrogen) atoms. The molecule has 0 fully saturated rings. The van der Waals surface area contributed by atoms with E-state index in [1.54, 1.807) is 30.1 Å². The van der Waals surface area contributed by atoms with Gasteiger partial charge in [0.05, 0.1) is 0 Å². The van der Waals surface area contributed by atoms with E-state index >= 15 is 0 Å². The lowest BCUT2D eigenvalue weighted by Crippen LogP contribution is -1.85. The van der Waals surface area contributed by atoms with Gasteiger partial charge in [-0.2, -0.15) is 0 Å².